The lowest BCUT2D eigenvalue weighted by molar-refractivity contribution is -0.141. The molecule has 0 radical (unpaired) electrons. The number of hydrogen-bond acceptors (Lipinski definition) is 4. The fourth-order valence-electron chi connectivity index (χ4n) is 3.50. The highest BCUT2D eigenvalue weighted by Gasteiger charge is 2.32. The van der Waals surface area contributed by atoms with Gasteiger partial charge in [0.25, 0.3) is 0 Å². The van der Waals surface area contributed by atoms with Crippen LogP contribution in [0.4, 0.5) is 23.7 Å². The average Bonchev–Trinajstić information content (AvgIpc) is 2.72. The Kier molecular flexibility index (Phi) is 6.38. The van der Waals surface area contributed by atoms with E-state index in [-0.39, 0.29) is 12.1 Å². The van der Waals surface area contributed by atoms with E-state index in [1.165, 1.54) is 19.2 Å². The van der Waals surface area contributed by atoms with Crippen LogP contribution in [0, 0.1) is 20.8 Å². The molecule has 1 amide bonds. The van der Waals surface area contributed by atoms with E-state index in [0.29, 0.717) is 28.3 Å². The van der Waals surface area contributed by atoms with E-state index in [9.17, 15) is 23.1 Å². The van der Waals surface area contributed by atoms with Gasteiger partial charge in [-0.15, -0.1) is 0 Å². The summed E-state index contributed by atoms with van der Waals surface area (Å²) in [7, 11) is 1.53. The number of amides is 1. The molecule has 2 aromatic heterocycles. The topological polar surface area (TPSA) is 75.5 Å². The van der Waals surface area contributed by atoms with Crippen molar-refractivity contribution in [3.05, 3.63) is 70.8 Å². The molecule has 0 aliphatic carbocycles. The largest absolute Gasteiger partial charge is 0.496 e. The van der Waals surface area contributed by atoms with Crippen molar-refractivity contribution in [3.63, 3.8) is 0 Å². The first-order valence-electron chi connectivity index (χ1n) is 9.66. The first kappa shape index (κ1) is 23.1. The third kappa shape index (κ3) is 4.82. The van der Waals surface area contributed by atoms with Crippen molar-refractivity contribution in [2.45, 2.75) is 33.5 Å². The predicted molar refractivity (Wildman–Crippen MR) is 114 cm³/mol. The van der Waals surface area contributed by atoms with Gasteiger partial charge in [0.2, 0.25) is 0 Å². The summed E-state index contributed by atoms with van der Waals surface area (Å²) >= 11 is 0. The number of anilines is 1. The number of carboxylic acid groups (broad SMARTS) is 1. The van der Waals surface area contributed by atoms with Crippen LogP contribution in [0.2, 0.25) is 0 Å². The Morgan fingerprint density at radius 2 is 1.81 bits per heavy atom. The molecule has 0 spiro atoms. The van der Waals surface area contributed by atoms with Crippen molar-refractivity contribution >= 4 is 11.8 Å². The number of rotatable bonds is 5. The van der Waals surface area contributed by atoms with Crippen LogP contribution in [-0.4, -0.2) is 28.3 Å². The van der Waals surface area contributed by atoms with Gasteiger partial charge in [-0.05, 0) is 61.7 Å². The quantitative estimate of drug-likeness (QED) is 0.539. The van der Waals surface area contributed by atoms with Gasteiger partial charge in [0, 0.05) is 29.2 Å². The van der Waals surface area contributed by atoms with Gasteiger partial charge >= 0.3 is 12.3 Å². The van der Waals surface area contributed by atoms with Crippen LogP contribution >= 0.6 is 0 Å². The molecule has 9 heteroatoms. The number of ether oxygens (including phenoxy) is 1. The molecule has 168 valence electrons. The Morgan fingerprint density at radius 1 is 1.09 bits per heavy atom. The number of pyridine rings is 2. The number of aromatic nitrogens is 2. The van der Waals surface area contributed by atoms with Crippen LogP contribution in [0.1, 0.15) is 28.1 Å². The minimum Gasteiger partial charge on any atom is -0.496 e. The number of benzene rings is 1. The molecule has 0 saturated carbocycles. The predicted octanol–water partition coefficient (Wildman–Crippen LogP) is 5.78. The van der Waals surface area contributed by atoms with Gasteiger partial charge in [0.1, 0.15) is 11.4 Å². The van der Waals surface area contributed by atoms with Crippen molar-refractivity contribution in [2.75, 3.05) is 12.0 Å². The SMILES string of the molecule is COc1c(C)cnc(CN(C(=O)O)c2cc(C)cc(-c3ccnc(C(F)(F)F)c3)c2)c1C. The molecule has 0 unspecified atom stereocenters. The van der Waals surface area contributed by atoms with E-state index in [1.54, 1.807) is 32.2 Å². The van der Waals surface area contributed by atoms with Crippen molar-refractivity contribution < 1.29 is 27.8 Å². The molecule has 0 atom stereocenters. The monoisotopic (exact) mass is 445 g/mol. The molecule has 1 N–H and O–H groups in total. The zero-order chi connectivity index (χ0) is 23.6. The van der Waals surface area contributed by atoms with Gasteiger partial charge in [0.05, 0.1) is 19.3 Å². The van der Waals surface area contributed by atoms with Gasteiger partial charge in [-0.2, -0.15) is 13.2 Å². The van der Waals surface area contributed by atoms with E-state index in [4.69, 9.17) is 4.74 Å². The van der Waals surface area contributed by atoms with E-state index in [2.05, 4.69) is 9.97 Å². The second-order valence-corrected chi connectivity index (χ2v) is 7.40. The summed E-state index contributed by atoms with van der Waals surface area (Å²) in [5.74, 6) is 0.627. The summed E-state index contributed by atoms with van der Waals surface area (Å²) in [5, 5.41) is 9.87. The molecule has 6 nitrogen and oxygen atoms in total. The number of aryl methyl sites for hydroxylation is 2. The molecule has 32 heavy (non-hydrogen) atoms. The molecule has 1 aromatic carbocycles. The number of carbonyl (C=O) groups is 1. The molecular formula is C23H22F3N3O3. The summed E-state index contributed by atoms with van der Waals surface area (Å²) in [6.45, 7) is 5.34. The number of halogens is 3. The minimum atomic E-state index is -4.58. The average molecular weight is 445 g/mol. The van der Waals surface area contributed by atoms with Crippen molar-refractivity contribution in [1.29, 1.82) is 0 Å². The molecule has 0 bridgehead atoms. The first-order chi connectivity index (χ1) is 15.0. The maximum absolute atomic E-state index is 13.1. The van der Waals surface area contributed by atoms with Crippen LogP contribution in [0.25, 0.3) is 11.1 Å². The second kappa shape index (κ2) is 8.86. The molecule has 3 aromatic rings. The fourth-order valence-corrected chi connectivity index (χ4v) is 3.50. The summed E-state index contributed by atoms with van der Waals surface area (Å²) in [4.78, 5) is 20.9. The Bertz CT molecular complexity index is 1160. The molecule has 0 aliphatic heterocycles. The van der Waals surface area contributed by atoms with Crippen LogP contribution in [-0.2, 0) is 12.7 Å². The smallest absolute Gasteiger partial charge is 0.433 e. The van der Waals surface area contributed by atoms with Crippen LogP contribution in [0.5, 0.6) is 5.75 Å². The lowest BCUT2D eigenvalue weighted by Gasteiger charge is -2.22. The van der Waals surface area contributed by atoms with Crippen molar-refractivity contribution in [2.24, 2.45) is 0 Å². The number of hydrogen-bond donors (Lipinski definition) is 1. The molecule has 0 saturated heterocycles. The maximum atomic E-state index is 13.1. The highest BCUT2D eigenvalue weighted by atomic mass is 19.4. The van der Waals surface area contributed by atoms with E-state index in [0.717, 1.165) is 28.3 Å². The van der Waals surface area contributed by atoms with Gasteiger partial charge < -0.3 is 9.84 Å². The highest BCUT2D eigenvalue weighted by molar-refractivity contribution is 5.87. The number of nitrogens with zero attached hydrogens (tertiary/aromatic N) is 3. The summed E-state index contributed by atoms with van der Waals surface area (Å²) in [6, 6.07) is 7.29. The Morgan fingerprint density at radius 3 is 2.44 bits per heavy atom. The molecule has 3 rings (SSSR count). The molecule has 0 aliphatic rings. The summed E-state index contributed by atoms with van der Waals surface area (Å²) in [5.41, 5.74) is 2.79. The lowest BCUT2D eigenvalue weighted by atomic mass is 10.0. The first-order valence-corrected chi connectivity index (χ1v) is 9.66. The molecule has 2 heterocycles. The van der Waals surface area contributed by atoms with Crippen LogP contribution in [0.15, 0.2) is 42.7 Å². The van der Waals surface area contributed by atoms with Crippen LogP contribution in [0.3, 0.4) is 0 Å². The Balaban J connectivity index is 2.05. The standard InChI is InChI=1S/C23H22F3N3O3/c1-13-7-17(16-5-6-27-20(10-16)23(24,25)26)9-18(8-13)29(22(30)31)12-19-15(3)21(32-4)14(2)11-28-19/h5-11H,12H2,1-4H3,(H,30,31). The fraction of sp³-hybridized carbons (Fsp3) is 0.261. The maximum Gasteiger partial charge on any atom is 0.433 e. The Labute approximate surface area is 183 Å². The van der Waals surface area contributed by atoms with E-state index >= 15 is 0 Å². The van der Waals surface area contributed by atoms with E-state index < -0.39 is 18.0 Å². The third-order valence-electron chi connectivity index (χ3n) is 5.05. The zero-order valence-corrected chi connectivity index (χ0v) is 18.0. The highest BCUT2D eigenvalue weighted by Crippen LogP contribution is 2.33. The molecular weight excluding hydrogens is 423 g/mol. The normalized spacial score (nSPS) is 11.3. The van der Waals surface area contributed by atoms with Crippen molar-refractivity contribution in [1.82, 2.24) is 9.97 Å². The number of methoxy groups -OCH3 is 1. The minimum absolute atomic E-state index is 0.0507. The van der Waals surface area contributed by atoms with Crippen LogP contribution < -0.4 is 9.64 Å². The number of alkyl halides is 3. The lowest BCUT2D eigenvalue weighted by Crippen LogP contribution is -2.29. The van der Waals surface area contributed by atoms with Gasteiger partial charge in [-0.3, -0.25) is 14.9 Å². The zero-order valence-electron chi connectivity index (χ0n) is 18.0. The molecule has 0 fully saturated rings. The van der Waals surface area contributed by atoms with Crippen molar-refractivity contribution in [3.8, 4) is 16.9 Å². The van der Waals surface area contributed by atoms with Gasteiger partial charge in [-0.1, -0.05) is 6.07 Å². The van der Waals surface area contributed by atoms with Gasteiger partial charge in [-0.25, -0.2) is 4.79 Å². The summed E-state index contributed by atoms with van der Waals surface area (Å²) < 4.78 is 44.6. The second-order valence-electron chi connectivity index (χ2n) is 7.40. The van der Waals surface area contributed by atoms with E-state index in [1.807, 2.05) is 6.92 Å². The van der Waals surface area contributed by atoms with Gasteiger partial charge in [0.15, 0.2) is 0 Å². The third-order valence-corrected chi connectivity index (χ3v) is 5.05. The Hall–Kier alpha value is -3.62. The summed E-state index contributed by atoms with van der Waals surface area (Å²) in [6.07, 6.45) is -3.10.